The molecule has 106 valence electrons. The molecule has 20 heavy (non-hydrogen) atoms. The van der Waals surface area contributed by atoms with E-state index in [-0.39, 0.29) is 12.1 Å². The van der Waals surface area contributed by atoms with Crippen molar-refractivity contribution in [2.24, 2.45) is 0 Å². The van der Waals surface area contributed by atoms with Crippen LogP contribution in [-0.2, 0) is 4.74 Å². The van der Waals surface area contributed by atoms with E-state index in [2.05, 4.69) is 5.92 Å². The summed E-state index contributed by atoms with van der Waals surface area (Å²) in [5.74, 6) is 3.31. The summed E-state index contributed by atoms with van der Waals surface area (Å²) in [5.41, 5.74) is 1.21. The minimum absolute atomic E-state index is 0.147. The predicted octanol–water partition coefficient (Wildman–Crippen LogP) is 2.97. The van der Waals surface area contributed by atoms with Crippen LogP contribution in [0.15, 0.2) is 18.2 Å². The van der Waals surface area contributed by atoms with E-state index in [0.717, 1.165) is 16.9 Å². The molecule has 1 unspecified atom stereocenters. The van der Waals surface area contributed by atoms with Crippen LogP contribution in [0.4, 0.5) is 4.79 Å². The number of terminal acetylenes is 1. The summed E-state index contributed by atoms with van der Waals surface area (Å²) < 4.78 is 11.0. The van der Waals surface area contributed by atoms with Gasteiger partial charge in [-0.25, -0.2) is 4.79 Å². The zero-order valence-electron chi connectivity index (χ0n) is 12.3. The van der Waals surface area contributed by atoms with Crippen molar-refractivity contribution < 1.29 is 14.3 Å². The highest BCUT2D eigenvalue weighted by Crippen LogP contribution is 2.36. The van der Waals surface area contributed by atoms with Crippen LogP contribution in [-0.4, -0.2) is 30.2 Å². The molecule has 0 spiro atoms. The molecule has 1 aliphatic heterocycles. The average molecular weight is 273 g/mol. The summed E-state index contributed by atoms with van der Waals surface area (Å²) in [5, 5.41) is 0. The molecule has 0 fully saturated rings. The molecule has 0 N–H and O–H groups in total. The topological polar surface area (TPSA) is 38.8 Å². The first-order valence-corrected chi connectivity index (χ1v) is 6.51. The first-order chi connectivity index (χ1) is 9.31. The van der Waals surface area contributed by atoms with Crippen LogP contribution in [0.3, 0.4) is 0 Å². The van der Waals surface area contributed by atoms with Crippen molar-refractivity contribution >= 4 is 6.09 Å². The Bertz CT molecular complexity index is 566. The minimum atomic E-state index is -0.513. The van der Waals surface area contributed by atoms with Crippen LogP contribution >= 0.6 is 0 Å². The third-order valence-corrected chi connectivity index (χ3v) is 3.08. The fraction of sp³-hybridized carbons (Fsp3) is 0.438. The SMILES string of the molecule is C#Cc1ccc2c(c1)OCC2N(C)C(=O)OC(C)(C)C. The molecule has 1 aromatic carbocycles. The van der Waals surface area contributed by atoms with Gasteiger partial charge >= 0.3 is 6.09 Å². The normalized spacial score (nSPS) is 16.9. The number of carbonyl (C=O) groups excluding carboxylic acids is 1. The second-order valence-corrected chi connectivity index (χ2v) is 5.81. The first kappa shape index (κ1) is 14.3. The van der Waals surface area contributed by atoms with Gasteiger partial charge in [0.2, 0.25) is 0 Å². The van der Waals surface area contributed by atoms with E-state index < -0.39 is 5.60 Å². The van der Waals surface area contributed by atoms with Crippen LogP contribution in [0.5, 0.6) is 5.75 Å². The Morgan fingerprint density at radius 1 is 1.50 bits per heavy atom. The summed E-state index contributed by atoms with van der Waals surface area (Å²) in [6, 6.07) is 5.43. The van der Waals surface area contributed by atoms with E-state index in [0.29, 0.717) is 6.61 Å². The van der Waals surface area contributed by atoms with Gasteiger partial charge in [-0.3, -0.25) is 0 Å². The largest absolute Gasteiger partial charge is 0.491 e. The third-order valence-electron chi connectivity index (χ3n) is 3.08. The van der Waals surface area contributed by atoms with Crippen molar-refractivity contribution in [2.45, 2.75) is 32.4 Å². The van der Waals surface area contributed by atoms with Gasteiger partial charge < -0.3 is 14.4 Å². The molecule has 0 bridgehead atoms. The second-order valence-electron chi connectivity index (χ2n) is 5.81. The molecule has 1 atom stereocenters. The molecule has 0 saturated heterocycles. The second kappa shape index (κ2) is 5.09. The fourth-order valence-electron chi connectivity index (χ4n) is 2.06. The Hall–Kier alpha value is -2.15. The molecule has 2 rings (SSSR count). The number of nitrogens with zero attached hydrogens (tertiary/aromatic N) is 1. The number of rotatable bonds is 1. The van der Waals surface area contributed by atoms with Crippen molar-refractivity contribution in [3.8, 4) is 18.1 Å². The molecule has 0 radical (unpaired) electrons. The van der Waals surface area contributed by atoms with Crippen LogP contribution in [0.2, 0.25) is 0 Å². The molecule has 0 aromatic heterocycles. The van der Waals surface area contributed by atoms with E-state index in [9.17, 15) is 4.79 Å². The number of amides is 1. The standard InChI is InChI=1S/C16H19NO3/c1-6-11-7-8-12-13(10-19-14(12)9-11)17(5)15(18)20-16(2,3)4/h1,7-9,13H,10H2,2-5H3. The highest BCUT2D eigenvalue weighted by atomic mass is 16.6. The number of fused-ring (bicyclic) bond motifs is 1. The smallest absolute Gasteiger partial charge is 0.410 e. The number of hydrogen-bond acceptors (Lipinski definition) is 3. The molecule has 1 aliphatic rings. The molecule has 1 aromatic rings. The highest BCUT2D eigenvalue weighted by molar-refractivity contribution is 5.69. The van der Waals surface area contributed by atoms with E-state index in [1.165, 1.54) is 0 Å². The number of hydrogen-bond donors (Lipinski definition) is 0. The van der Waals surface area contributed by atoms with Crippen molar-refractivity contribution in [1.82, 2.24) is 4.90 Å². The molecule has 0 aliphatic carbocycles. The van der Waals surface area contributed by atoms with E-state index >= 15 is 0 Å². The lowest BCUT2D eigenvalue weighted by Crippen LogP contribution is -2.37. The Labute approximate surface area is 119 Å². The lowest BCUT2D eigenvalue weighted by Gasteiger charge is -2.28. The van der Waals surface area contributed by atoms with Gasteiger partial charge in [-0.05, 0) is 32.9 Å². The molecule has 1 heterocycles. The summed E-state index contributed by atoms with van der Waals surface area (Å²) in [7, 11) is 1.71. The van der Waals surface area contributed by atoms with Gasteiger partial charge in [-0.15, -0.1) is 6.42 Å². The Morgan fingerprint density at radius 2 is 2.20 bits per heavy atom. The summed E-state index contributed by atoms with van der Waals surface area (Å²) in [4.78, 5) is 13.7. The monoisotopic (exact) mass is 273 g/mol. The Kier molecular flexibility index (Phi) is 3.63. The third kappa shape index (κ3) is 2.88. The maximum absolute atomic E-state index is 12.1. The number of likely N-dealkylation sites (N-methyl/N-ethyl adjacent to an activating group) is 1. The maximum Gasteiger partial charge on any atom is 0.410 e. The highest BCUT2D eigenvalue weighted by Gasteiger charge is 2.32. The van der Waals surface area contributed by atoms with Gasteiger partial charge in [0, 0.05) is 18.2 Å². The van der Waals surface area contributed by atoms with E-state index in [1.807, 2.05) is 39.0 Å². The Morgan fingerprint density at radius 3 is 2.80 bits per heavy atom. The molecule has 0 saturated carbocycles. The molecule has 4 nitrogen and oxygen atoms in total. The van der Waals surface area contributed by atoms with Crippen molar-refractivity contribution in [3.05, 3.63) is 29.3 Å². The van der Waals surface area contributed by atoms with E-state index in [4.69, 9.17) is 15.9 Å². The first-order valence-electron chi connectivity index (χ1n) is 6.51. The molecular formula is C16H19NO3. The van der Waals surface area contributed by atoms with E-state index in [1.54, 1.807) is 11.9 Å². The zero-order chi connectivity index (χ0) is 14.9. The van der Waals surface area contributed by atoms with Gasteiger partial charge in [-0.2, -0.15) is 0 Å². The van der Waals surface area contributed by atoms with Crippen LogP contribution < -0.4 is 4.74 Å². The Balaban J connectivity index is 2.18. The van der Waals surface area contributed by atoms with Crippen molar-refractivity contribution in [2.75, 3.05) is 13.7 Å². The summed E-state index contributed by atoms with van der Waals surface area (Å²) >= 11 is 0. The van der Waals surface area contributed by atoms with Crippen LogP contribution in [0.1, 0.15) is 37.9 Å². The molecule has 1 amide bonds. The average Bonchev–Trinajstić information content (AvgIpc) is 2.78. The molecule has 4 heteroatoms. The zero-order valence-corrected chi connectivity index (χ0v) is 12.3. The quantitative estimate of drug-likeness (QED) is 0.738. The maximum atomic E-state index is 12.1. The lowest BCUT2D eigenvalue weighted by molar-refractivity contribution is 0.0201. The fourth-order valence-corrected chi connectivity index (χ4v) is 2.06. The van der Waals surface area contributed by atoms with Gasteiger partial charge in [0.15, 0.2) is 0 Å². The van der Waals surface area contributed by atoms with Gasteiger partial charge in [-0.1, -0.05) is 12.0 Å². The van der Waals surface area contributed by atoms with Crippen molar-refractivity contribution in [3.63, 3.8) is 0 Å². The number of benzene rings is 1. The van der Waals surface area contributed by atoms with Crippen LogP contribution in [0.25, 0.3) is 0 Å². The number of carbonyl (C=O) groups is 1. The number of ether oxygens (including phenoxy) is 2. The van der Waals surface area contributed by atoms with Gasteiger partial charge in [0.1, 0.15) is 18.0 Å². The van der Waals surface area contributed by atoms with Crippen LogP contribution in [0, 0.1) is 12.3 Å². The summed E-state index contributed by atoms with van der Waals surface area (Å²) in [6.07, 6.45) is 5.00. The van der Waals surface area contributed by atoms with Gasteiger partial charge in [0.25, 0.3) is 0 Å². The van der Waals surface area contributed by atoms with Gasteiger partial charge in [0.05, 0.1) is 6.04 Å². The lowest BCUT2D eigenvalue weighted by atomic mass is 10.1. The predicted molar refractivity (Wildman–Crippen MR) is 76.6 cm³/mol. The summed E-state index contributed by atoms with van der Waals surface area (Å²) in [6.45, 7) is 5.95. The van der Waals surface area contributed by atoms with Crippen molar-refractivity contribution in [1.29, 1.82) is 0 Å². The molecular weight excluding hydrogens is 254 g/mol. The minimum Gasteiger partial charge on any atom is -0.491 e.